The van der Waals surface area contributed by atoms with Crippen LogP contribution in [-0.4, -0.2) is 27.6 Å². The van der Waals surface area contributed by atoms with E-state index in [0.717, 1.165) is 15.9 Å². The molecule has 1 aliphatic rings. The number of nitrogens with one attached hydrogen (secondary N) is 1. The molecule has 2 aromatic carbocycles. The van der Waals surface area contributed by atoms with Crippen molar-refractivity contribution in [3.63, 3.8) is 0 Å². The number of nitrogens with zero attached hydrogens (tertiary/aromatic N) is 2. The molecule has 114 valence electrons. The second kappa shape index (κ2) is 5.10. The lowest BCUT2D eigenvalue weighted by atomic mass is 10.2. The summed E-state index contributed by atoms with van der Waals surface area (Å²) in [5, 5.41) is 28.8. The van der Waals surface area contributed by atoms with Gasteiger partial charge in [-0.05, 0) is 36.4 Å². The summed E-state index contributed by atoms with van der Waals surface area (Å²) in [4.78, 5) is 6.22. The van der Waals surface area contributed by atoms with E-state index in [1.165, 1.54) is 11.3 Å². The maximum Gasteiger partial charge on any atom is 0.139 e. The van der Waals surface area contributed by atoms with Gasteiger partial charge in [0.25, 0.3) is 0 Å². The van der Waals surface area contributed by atoms with Gasteiger partial charge in [0.15, 0.2) is 0 Å². The van der Waals surface area contributed by atoms with Crippen LogP contribution in [0, 0.1) is 5.41 Å². The van der Waals surface area contributed by atoms with Crippen LogP contribution in [0.15, 0.2) is 54.3 Å². The molecule has 0 amide bonds. The van der Waals surface area contributed by atoms with Crippen molar-refractivity contribution in [2.75, 3.05) is 11.4 Å². The molecule has 1 aromatic heterocycles. The van der Waals surface area contributed by atoms with E-state index in [-0.39, 0.29) is 23.9 Å². The lowest BCUT2D eigenvalue weighted by Gasteiger charge is -2.18. The molecule has 0 radical (unpaired) electrons. The van der Waals surface area contributed by atoms with Crippen LogP contribution in [0.2, 0.25) is 0 Å². The first-order chi connectivity index (χ1) is 11.1. The van der Waals surface area contributed by atoms with Gasteiger partial charge >= 0.3 is 0 Å². The molecule has 2 heterocycles. The van der Waals surface area contributed by atoms with Gasteiger partial charge in [-0.3, -0.25) is 5.41 Å². The summed E-state index contributed by atoms with van der Waals surface area (Å²) in [7, 11) is 0. The molecule has 4 rings (SSSR count). The molecule has 0 bridgehead atoms. The highest BCUT2D eigenvalue weighted by Crippen LogP contribution is 2.35. The molecule has 3 aromatic rings. The molecule has 1 aliphatic heterocycles. The van der Waals surface area contributed by atoms with E-state index in [1.807, 2.05) is 24.3 Å². The Morgan fingerprint density at radius 1 is 1.04 bits per heavy atom. The predicted molar refractivity (Wildman–Crippen MR) is 92.3 cm³/mol. The first-order valence-electron chi connectivity index (χ1n) is 7.07. The summed E-state index contributed by atoms with van der Waals surface area (Å²) < 4.78 is 1.03. The number of amidine groups is 1. The highest BCUT2D eigenvalue weighted by molar-refractivity contribution is 7.19. The van der Waals surface area contributed by atoms with E-state index < -0.39 is 0 Å². The van der Waals surface area contributed by atoms with Gasteiger partial charge in [-0.1, -0.05) is 12.1 Å². The summed E-state index contributed by atoms with van der Waals surface area (Å²) in [6.45, 7) is 0.231. The predicted octanol–water partition coefficient (Wildman–Crippen LogP) is 3.77. The van der Waals surface area contributed by atoms with Crippen molar-refractivity contribution in [3.8, 4) is 5.75 Å². The topological polar surface area (TPSA) is 80.4 Å². The zero-order chi connectivity index (χ0) is 16.0. The number of hydrogen-bond acceptors (Lipinski definition) is 5. The summed E-state index contributed by atoms with van der Waals surface area (Å²) in [5.41, 5.74) is 2.08. The minimum Gasteiger partial charge on any atom is -0.510 e. The van der Waals surface area contributed by atoms with Crippen molar-refractivity contribution in [1.82, 2.24) is 4.98 Å². The number of thiazole rings is 1. The standard InChI is InChI=1S/C17H13N3O2S/c18-16-15(17-19-12-3-1-2-4-14(12)23-17)13(22)9-20(16)10-5-7-11(21)8-6-10/h1-8,18,21-22H,9H2. The van der Waals surface area contributed by atoms with Crippen molar-refractivity contribution in [3.05, 3.63) is 59.3 Å². The summed E-state index contributed by atoms with van der Waals surface area (Å²) in [6, 6.07) is 14.3. The Morgan fingerprint density at radius 2 is 1.78 bits per heavy atom. The number of aromatic hydroxyl groups is 1. The molecular weight excluding hydrogens is 310 g/mol. The van der Waals surface area contributed by atoms with E-state index in [4.69, 9.17) is 5.41 Å². The average Bonchev–Trinajstić information content (AvgIpc) is 3.08. The Bertz CT molecular complexity index is 911. The number of aliphatic hydroxyl groups is 1. The molecule has 0 atom stereocenters. The van der Waals surface area contributed by atoms with Crippen LogP contribution in [-0.2, 0) is 0 Å². The van der Waals surface area contributed by atoms with Gasteiger partial charge in [-0.2, -0.15) is 0 Å². The summed E-state index contributed by atoms with van der Waals surface area (Å²) >= 11 is 1.47. The second-order valence-electron chi connectivity index (χ2n) is 5.26. The minimum absolute atomic E-state index is 0.141. The quantitative estimate of drug-likeness (QED) is 0.670. The third-order valence-corrected chi connectivity index (χ3v) is 4.83. The zero-order valence-corrected chi connectivity index (χ0v) is 12.8. The van der Waals surface area contributed by atoms with Crippen LogP contribution >= 0.6 is 11.3 Å². The Hall–Kier alpha value is -2.86. The normalized spacial score (nSPS) is 15.0. The van der Waals surface area contributed by atoms with Gasteiger partial charge in [0.05, 0.1) is 22.3 Å². The number of rotatable bonds is 2. The summed E-state index contributed by atoms with van der Waals surface area (Å²) in [6.07, 6.45) is 0. The number of phenols is 1. The Kier molecular flexibility index (Phi) is 3.06. The van der Waals surface area contributed by atoms with Crippen LogP contribution in [0.5, 0.6) is 5.75 Å². The Balaban J connectivity index is 1.73. The van der Waals surface area contributed by atoms with Gasteiger partial charge in [0.2, 0.25) is 0 Å². The Labute approximate surface area is 136 Å². The molecule has 0 saturated heterocycles. The molecular formula is C17H13N3O2S. The Morgan fingerprint density at radius 3 is 2.52 bits per heavy atom. The van der Waals surface area contributed by atoms with Crippen molar-refractivity contribution >= 4 is 38.6 Å². The van der Waals surface area contributed by atoms with Crippen LogP contribution in [0.1, 0.15) is 5.01 Å². The van der Waals surface area contributed by atoms with Crippen LogP contribution < -0.4 is 4.90 Å². The molecule has 23 heavy (non-hydrogen) atoms. The molecule has 5 nitrogen and oxygen atoms in total. The molecule has 0 aliphatic carbocycles. The average molecular weight is 323 g/mol. The van der Waals surface area contributed by atoms with Crippen LogP contribution in [0.3, 0.4) is 0 Å². The molecule has 0 saturated carbocycles. The van der Waals surface area contributed by atoms with Crippen LogP contribution in [0.25, 0.3) is 15.8 Å². The third-order valence-electron chi connectivity index (χ3n) is 3.77. The highest BCUT2D eigenvalue weighted by Gasteiger charge is 2.31. The molecule has 3 N–H and O–H groups in total. The number of anilines is 1. The maximum absolute atomic E-state index is 10.3. The lowest BCUT2D eigenvalue weighted by molar-refractivity contribution is 0.411. The first kappa shape index (κ1) is 13.8. The maximum atomic E-state index is 10.3. The monoisotopic (exact) mass is 323 g/mol. The number of benzene rings is 2. The van der Waals surface area contributed by atoms with E-state index in [9.17, 15) is 10.2 Å². The SMILES string of the molecule is N=C1C(c2nc3ccccc3s2)=C(O)CN1c1ccc(O)cc1. The third kappa shape index (κ3) is 2.24. The molecule has 0 spiro atoms. The fourth-order valence-electron chi connectivity index (χ4n) is 2.64. The summed E-state index contributed by atoms with van der Waals surface area (Å²) in [5.74, 6) is 0.525. The number of para-hydroxylation sites is 1. The van der Waals surface area contributed by atoms with Gasteiger partial charge in [0.1, 0.15) is 22.4 Å². The number of phenolic OH excluding ortho intramolecular Hbond substituents is 1. The van der Waals surface area contributed by atoms with E-state index >= 15 is 0 Å². The van der Waals surface area contributed by atoms with Gasteiger partial charge < -0.3 is 15.1 Å². The number of aromatic nitrogens is 1. The van der Waals surface area contributed by atoms with Gasteiger partial charge in [-0.15, -0.1) is 11.3 Å². The van der Waals surface area contributed by atoms with E-state index in [0.29, 0.717) is 10.6 Å². The lowest BCUT2D eigenvalue weighted by Crippen LogP contribution is -2.25. The minimum atomic E-state index is 0.141. The number of aliphatic hydroxyl groups excluding tert-OH is 1. The van der Waals surface area contributed by atoms with Crippen LogP contribution in [0.4, 0.5) is 5.69 Å². The molecule has 0 unspecified atom stereocenters. The smallest absolute Gasteiger partial charge is 0.139 e. The number of fused-ring (bicyclic) bond motifs is 1. The van der Waals surface area contributed by atoms with Crippen molar-refractivity contribution in [2.45, 2.75) is 0 Å². The largest absolute Gasteiger partial charge is 0.510 e. The highest BCUT2D eigenvalue weighted by atomic mass is 32.1. The fourth-order valence-corrected chi connectivity index (χ4v) is 3.67. The van der Waals surface area contributed by atoms with Crippen molar-refractivity contribution < 1.29 is 10.2 Å². The first-order valence-corrected chi connectivity index (χ1v) is 7.88. The van der Waals surface area contributed by atoms with Gasteiger partial charge in [-0.25, -0.2) is 4.98 Å². The van der Waals surface area contributed by atoms with Crippen molar-refractivity contribution in [1.29, 1.82) is 5.41 Å². The van der Waals surface area contributed by atoms with Crippen molar-refractivity contribution in [2.24, 2.45) is 0 Å². The number of hydrogen-bond donors (Lipinski definition) is 3. The van der Waals surface area contributed by atoms with E-state index in [1.54, 1.807) is 29.2 Å². The fraction of sp³-hybridized carbons (Fsp3) is 0.0588. The second-order valence-corrected chi connectivity index (χ2v) is 6.29. The molecule has 6 heteroatoms. The van der Waals surface area contributed by atoms with Gasteiger partial charge in [0, 0.05) is 5.69 Å². The zero-order valence-electron chi connectivity index (χ0n) is 12.0. The van der Waals surface area contributed by atoms with E-state index in [2.05, 4.69) is 4.98 Å². The molecule has 0 fully saturated rings.